The molecule has 14 aromatic rings. The van der Waals surface area contributed by atoms with Crippen LogP contribution in [0.2, 0.25) is 0 Å². The van der Waals surface area contributed by atoms with Crippen LogP contribution in [-0.2, 0) is 16.2 Å². The molecular weight excluding hydrogens is 877 g/mol. The fraction of sp³-hybridized carbons (Fsp3) is 0.123. The van der Waals surface area contributed by atoms with Gasteiger partial charge >= 0.3 is 0 Å². The summed E-state index contributed by atoms with van der Waals surface area (Å²) >= 11 is 0. The first kappa shape index (κ1) is 42.4. The second-order valence-corrected chi connectivity index (χ2v) is 23.1. The molecule has 0 saturated carbocycles. The predicted molar refractivity (Wildman–Crippen MR) is 314 cm³/mol. The van der Waals surface area contributed by atoms with Crippen LogP contribution in [0, 0.1) is 0 Å². The number of benzene rings is 14. The SMILES string of the molecule is CC(C)(C)c1ccc2c3cccc4c(-c5ccc6c(c5)C(c5ccccc5)(c5ccccc5)c5cc(-c7ccc8c9cccc%10c(C(C)(C)C)ccc(c%11cccc7c8%11)c%109)ccc5-6)ccc(c5cccc1c52)c43. The van der Waals surface area contributed by atoms with Crippen LogP contribution in [0.15, 0.2) is 218 Å². The maximum atomic E-state index is 2.54. The van der Waals surface area contributed by atoms with Crippen LogP contribution in [0.3, 0.4) is 0 Å². The Kier molecular flexibility index (Phi) is 8.63. The highest BCUT2D eigenvalue weighted by Crippen LogP contribution is 2.58. The van der Waals surface area contributed by atoms with E-state index in [2.05, 4.69) is 260 Å². The summed E-state index contributed by atoms with van der Waals surface area (Å²) in [7, 11) is 0. The largest absolute Gasteiger partial charge is 0.0713 e. The minimum Gasteiger partial charge on any atom is -0.0622 e. The molecule has 0 bridgehead atoms. The topological polar surface area (TPSA) is 0 Å². The molecule has 0 radical (unpaired) electrons. The van der Waals surface area contributed by atoms with Gasteiger partial charge in [0.2, 0.25) is 0 Å². The molecule has 0 heteroatoms. The Morgan fingerprint density at radius 3 is 0.918 bits per heavy atom. The third kappa shape index (κ3) is 5.73. The summed E-state index contributed by atoms with van der Waals surface area (Å²) in [5.74, 6) is 0. The van der Waals surface area contributed by atoms with Gasteiger partial charge in [-0.1, -0.05) is 248 Å². The third-order valence-electron chi connectivity index (χ3n) is 17.1. The number of hydrogen-bond donors (Lipinski definition) is 0. The summed E-state index contributed by atoms with van der Waals surface area (Å²) < 4.78 is 0. The van der Waals surface area contributed by atoms with E-state index >= 15 is 0 Å². The Morgan fingerprint density at radius 1 is 0.247 bits per heavy atom. The third-order valence-corrected chi connectivity index (χ3v) is 17.1. The molecule has 0 heterocycles. The van der Waals surface area contributed by atoms with Crippen LogP contribution in [0.25, 0.3) is 120 Å². The summed E-state index contributed by atoms with van der Waals surface area (Å²) in [4.78, 5) is 0. The highest BCUT2D eigenvalue weighted by atomic mass is 14.5. The molecule has 1 aliphatic carbocycles. The zero-order chi connectivity index (χ0) is 49.1. The van der Waals surface area contributed by atoms with Crippen LogP contribution in [0.5, 0.6) is 0 Å². The second kappa shape index (κ2) is 14.9. The predicted octanol–water partition coefficient (Wildman–Crippen LogP) is 20.1. The molecule has 73 heavy (non-hydrogen) atoms. The lowest BCUT2D eigenvalue weighted by molar-refractivity contribution is 0.596. The number of hydrogen-bond acceptors (Lipinski definition) is 0. The zero-order valence-electron chi connectivity index (χ0n) is 42.3. The van der Waals surface area contributed by atoms with E-state index in [4.69, 9.17) is 0 Å². The van der Waals surface area contributed by atoms with E-state index in [0.717, 1.165) is 0 Å². The van der Waals surface area contributed by atoms with Gasteiger partial charge < -0.3 is 0 Å². The fourth-order valence-corrected chi connectivity index (χ4v) is 14.1. The van der Waals surface area contributed by atoms with Gasteiger partial charge in [0, 0.05) is 0 Å². The minimum atomic E-state index is -0.587. The number of rotatable bonds is 4. The van der Waals surface area contributed by atoms with Gasteiger partial charge in [0.1, 0.15) is 0 Å². The average molecular weight is 931 g/mol. The quantitative estimate of drug-likeness (QED) is 0.122. The van der Waals surface area contributed by atoms with Gasteiger partial charge in [-0.2, -0.15) is 0 Å². The molecule has 0 N–H and O–H groups in total. The van der Waals surface area contributed by atoms with Crippen LogP contribution in [-0.4, -0.2) is 0 Å². The highest BCUT2D eigenvalue weighted by molar-refractivity contribution is 6.36. The van der Waals surface area contributed by atoms with Crippen molar-refractivity contribution in [3.05, 3.63) is 252 Å². The van der Waals surface area contributed by atoms with Crippen molar-refractivity contribution in [1.82, 2.24) is 0 Å². The van der Waals surface area contributed by atoms with Gasteiger partial charge in [0.15, 0.2) is 0 Å². The molecule has 0 aromatic heterocycles. The molecule has 0 aliphatic heterocycles. The second-order valence-electron chi connectivity index (χ2n) is 23.1. The van der Waals surface area contributed by atoms with E-state index in [0.29, 0.717) is 0 Å². The summed E-state index contributed by atoms with van der Waals surface area (Å²) in [6, 6.07) is 84.2. The van der Waals surface area contributed by atoms with Crippen molar-refractivity contribution >= 4 is 86.2 Å². The van der Waals surface area contributed by atoms with E-state index in [9.17, 15) is 0 Å². The number of fused-ring (bicyclic) bond motifs is 7. The van der Waals surface area contributed by atoms with Crippen LogP contribution in [0.1, 0.15) is 74.9 Å². The molecule has 0 amide bonds. The summed E-state index contributed by atoms with van der Waals surface area (Å²) in [6.45, 7) is 14.0. The molecule has 0 saturated heterocycles. The standard InChI is InChI=1S/C73H54/c1-71(2,3)63-39-37-59-53-23-13-21-51-47(33-35-57(67(51)53)55-25-15-27-61(63)69(55)59)43-29-31-49-50-32-30-44(42-66(50)73(65(49)41-43,45-17-9-7-10-18-45)46-19-11-8-12-20-46)48-34-36-58-56-26-16-28-62-64(72(4,5)6)40-38-60(70(56)62)54-24-14-22-52(48)68(54)58/h7-42H,1-6H3. The first-order valence-electron chi connectivity index (χ1n) is 26.2. The van der Waals surface area contributed by atoms with Crippen LogP contribution >= 0.6 is 0 Å². The van der Waals surface area contributed by atoms with Gasteiger partial charge in [0.25, 0.3) is 0 Å². The van der Waals surface area contributed by atoms with Crippen molar-refractivity contribution < 1.29 is 0 Å². The van der Waals surface area contributed by atoms with E-state index in [1.54, 1.807) is 0 Å². The fourth-order valence-electron chi connectivity index (χ4n) is 14.1. The van der Waals surface area contributed by atoms with Crippen LogP contribution < -0.4 is 0 Å². The Hall–Kier alpha value is -8.32. The average Bonchev–Trinajstić information content (AvgIpc) is 3.71. The van der Waals surface area contributed by atoms with Crippen molar-refractivity contribution in [3.63, 3.8) is 0 Å². The Morgan fingerprint density at radius 2 is 0.548 bits per heavy atom. The van der Waals surface area contributed by atoms with Gasteiger partial charge in [-0.3, -0.25) is 0 Å². The molecule has 0 fully saturated rings. The molecule has 1 aliphatic rings. The van der Waals surface area contributed by atoms with Gasteiger partial charge in [-0.15, -0.1) is 0 Å². The van der Waals surface area contributed by atoms with Gasteiger partial charge in [-0.05, 0) is 176 Å². The monoisotopic (exact) mass is 930 g/mol. The van der Waals surface area contributed by atoms with E-state index in [-0.39, 0.29) is 10.8 Å². The van der Waals surface area contributed by atoms with Crippen molar-refractivity contribution in [2.45, 2.75) is 57.8 Å². The lowest BCUT2D eigenvalue weighted by Crippen LogP contribution is -2.28. The maximum Gasteiger partial charge on any atom is 0.0713 e. The minimum absolute atomic E-state index is 0.0352. The molecule has 0 unspecified atom stereocenters. The Labute approximate surface area is 426 Å². The molecule has 14 aromatic carbocycles. The Balaban J connectivity index is 0.963. The normalized spacial score (nSPS) is 13.7. The molecule has 0 spiro atoms. The first-order valence-corrected chi connectivity index (χ1v) is 26.2. The molecular formula is C73H54. The van der Waals surface area contributed by atoms with Crippen molar-refractivity contribution in [2.24, 2.45) is 0 Å². The molecule has 0 nitrogen and oxygen atoms in total. The van der Waals surface area contributed by atoms with E-state index < -0.39 is 5.41 Å². The maximum absolute atomic E-state index is 2.54. The summed E-state index contributed by atoms with van der Waals surface area (Å²) in [6.07, 6.45) is 0. The zero-order valence-corrected chi connectivity index (χ0v) is 42.3. The smallest absolute Gasteiger partial charge is 0.0622 e. The van der Waals surface area contributed by atoms with Gasteiger partial charge in [0.05, 0.1) is 5.41 Å². The van der Waals surface area contributed by atoms with E-state index in [1.165, 1.54) is 153 Å². The molecule has 0 atom stereocenters. The van der Waals surface area contributed by atoms with Crippen molar-refractivity contribution in [1.29, 1.82) is 0 Å². The van der Waals surface area contributed by atoms with Gasteiger partial charge in [-0.25, -0.2) is 0 Å². The first-order chi connectivity index (χ1) is 35.5. The van der Waals surface area contributed by atoms with Crippen LogP contribution in [0.4, 0.5) is 0 Å². The lowest BCUT2D eigenvalue weighted by Gasteiger charge is -2.34. The highest BCUT2D eigenvalue weighted by Gasteiger charge is 2.46. The summed E-state index contributed by atoms with van der Waals surface area (Å²) in [5, 5.41) is 21.3. The van der Waals surface area contributed by atoms with Crippen molar-refractivity contribution in [2.75, 3.05) is 0 Å². The van der Waals surface area contributed by atoms with Crippen molar-refractivity contribution in [3.8, 4) is 33.4 Å². The van der Waals surface area contributed by atoms with E-state index in [1.807, 2.05) is 0 Å². The lowest BCUT2D eigenvalue weighted by atomic mass is 9.67. The molecule has 15 rings (SSSR count). The Bertz CT molecular complexity index is 4260. The summed E-state index contributed by atoms with van der Waals surface area (Å²) in [5.41, 5.74) is 15.0. The molecule has 346 valence electrons.